The van der Waals surface area contributed by atoms with Crippen LogP contribution in [-0.4, -0.2) is 126 Å². The number of nitrogens with zero attached hydrogens (tertiary/aromatic N) is 27. The molecule has 0 aliphatic heterocycles. The maximum absolute atomic E-state index is 11.6. The number of nitrogens with one attached hydrogen (secondary N) is 4. The normalized spacial score (nSPS) is 10.7. The Bertz CT molecular complexity index is 8980. The number of carbonyl (C=O) groups excluding carboxylic acids is 3. The molecule has 6 N–H and O–H groups in total. The second-order valence-corrected chi connectivity index (χ2v) is 30.3. The van der Waals surface area contributed by atoms with Crippen LogP contribution >= 0.6 is 27.5 Å². The van der Waals surface area contributed by atoms with Crippen molar-refractivity contribution in [2.75, 3.05) is 5.32 Å². The minimum atomic E-state index is 0.0170. The van der Waals surface area contributed by atoms with E-state index in [9.17, 15) is 20.4 Å². The first kappa shape index (κ1) is 87.2. The summed E-state index contributed by atoms with van der Waals surface area (Å²) in [7, 11) is 9.46. The first-order valence-electron chi connectivity index (χ1n) is 39.4. The van der Waals surface area contributed by atoms with E-state index < -0.39 is 0 Å². The Morgan fingerprint density at radius 3 is 1.34 bits per heavy atom. The molecule has 642 valence electrons. The zero-order valence-corrected chi connectivity index (χ0v) is 72.7. The first-order chi connectivity index (χ1) is 64.6. The molecule has 24 heterocycles. The van der Waals surface area contributed by atoms with E-state index in [-0.39, 0.29) is 17.8 Å². The summed E-state index contributed by atoms with van der Waals surface area (Å²) in [5.74, 6) is 2.34. The maximum atomic E-state index is 11.6. The van der Waals surface area contributed by atoms with Gasteiger partial charge in [-0.2, -0.15) is 24.0 Å². The molecule has 0 bridgehead atoms. The minimum Gasteiger partial charge on any atom is -0.629 e. The zero-order chi connectivity index (χ0) is 93.4. The summed E-state index contributed by atoms with van der Waals surface area (Å²) >= 11 is 9.60. The van der Waals surface area contributed by atoms with Crippen molar-refractivity contribution >= 4 is 256 Å². The monoisotopic (exact) mass is 1840 g/mol. The van der Waals surface area contributed by atoms with Gasteiger partial charge in [-0.25, -0.2) is 44.4 Å². The van der Waals surface area contributed by atoms with Gasteiger partial charge >= 0.3 is 23.4 Å². The number of rotatable bonds is 2. The molecule has 24 aromatic rings. The molecule has 0 saturated carbocycles. The summed E-state index contributed by atoms with van der Waals surface area (Å²) in [6, 6.07) is 41.1. The van der Waals surface area contributed by atoms with E-state index in [2.05, 4.69) is 142 Å². The van der Waals surface area contributed by atoms with Crippen LogP contribution in [0.3, 0.4) is 0 Å². The van der Waals surface area contributed by atoms with Crippen LogP contribution in [0.5, 0.6) is 0 Å². The number of halogens is 2. The van der Waals surface area contributed by atoms with Crippen molar-refractivity contribution in [3.63, 3.8) is 0 Å². The molecule has 0 radical (unpaired) electrons. The number of aromatic nitrogens is 24. The molecule has 24 rings (SSSR count). The van der Waals surface area contributed by atoms with E-state index in [1.165, 1.54) is 30.0 Å². The van der Waals surface area contributed by atoms with E-state index >= 15 is 0 Å². The molecule has 0 unspecified atom stereocenters. The van der Waals surface area contributed by atoms with Crippen molar-refractivity contribution in [2.45, 2.75) is 6.92 Å². The van der Waals surface area contributed by atoms with E-state index in [4.69, 9.17) is 60.6 Å². The second-order valence-electron chi connectivity index (χ2n) is 29.0. The highest BCUT2D eigenvalue weighted by Crippen LogP contribution is 2.37. The Balaban J connectivity index is 0.000000110. The van der Waals surface area contributed by atoms with E-state index in [1.807, 2.05) is 145 Å². The quantitative estimate of drug-likeness (QED) is 0.0308. The van der Waals surface area contributed by atoms with Crippen molar-refractivity contribution in [3.8, 4) is 0 Å². The molecule has 1 amide bonds. The molecule has 0 atom stereocenters. The molecule has 37 nitrogen and oxygen atoms in total. The molecular formula is C94H63BrClN31O6+2. The average molecular weight is 1840 g/mol. The van der Waals surface area contributed by atoms with Gasteiger partial charge < -0.3 is 68.3 Å². The summed E-state index contributed by atoms with van der Waals surface area (Å²) in [5, 5.41) is 50.0. The van der Waals surface area contributed by atoms with Crippen molar-refractivity contribution < 1.29 is 39.0 Å². The number of anilines is 1. The van der Waals surface area contributed by atoms with Crippen LogP contribution in [0.4, 0.5) is 40.7 Å². The Morgan fingerprint density at radius 2 is 0.827 bits per heavy atom. The third-order valence-electron chi connectivity index (χ3n) is 21.5. The fraction of sp³-hybridized carbons (Fsp3) is 0.0638. The lowest BCUT2D eigenvalue weighted by Gasteiger charge is -1.97. The lowest BCUT2D eigenvalue weighted by molar-refractivity contribution is -0.891. The molecule has 0 aliphatic carbocycles. The Hall–Kier alpha value is -19.2. The van der Waals surface area contributed by atoms with Crippen LogP contribution in [0, 0.1) is 51.6 Å². The number of aromatic amines is 3. The van der Waals surface area contributed by atoms with Crippen molar-refractivity contribution in [1.82, 2.24) is 103 Å². The van der Waals surface area contributed by atoms with Gasteiger partial charge in [-0.3, -0.25) is 15.0 Å². The van der Waals surface area contributed by atoms with Crippen LogP contribution in [0.15, 0.2) is 237 Å². The van der Waals surface area contributed by atoms with Gasteiger partial charge in [0.15, 0.2) is 5.52 Å². The number of carbonyl (C=O) groups is 1. The van der Waals surface area contributed by atoms with Gasteiger partial charge in [0, 0.05) is 179 Å². The summed E-state index contributed by atoms with van der Waals surface area (Å²) in [6.07, 6.45) is 27.8. The standard InChI is InChI=1S/C12H7BrN4.C12H8ClN4O.C12H9N4O2.2C12H8N4.C11H8N4O.C11H6N4.C11H9N3.CO2/c1-14-11-4-8-9-3-7(13)5-16-12(9)17(2)10(8)6-15-11;1-14-10-5-7-9(6-17(10)18)16(2)12-11(7)8(13)3-4-15-12;1-13-11-6-9-8-4-3-5-15(17)12(8)14(2)10(9)7-16(11)18;2*1-13-11-6-9-8-4-3-5-14-12(8)16(2)10(9)7-15-11;16-6-14-10-4-8-7-2-1-3-12-11(7)15-9(8)5-13-10;1-12-10-5-8-7-3-2-4-13-11(7)15-9(8)6-14-10;1-7-5-9-8-3-2-4-12-11(8)14-10(9)6-13-7;2-1-3/h3-6H,2H3;3-6,18H,2H3;3-7,17H,2H3;2*3-7H,2H3;1-6H,(H,12,15)(H,13,14,16);2-6H,(H,13,15);2-6H,1H3,(H,12,14);/q;2*+1;;;;;;. The van der Waals surface area contributed by atoms with Gasteiger partial charge in [0.05, 0.1) is 63.0 Å². The van der Waals surface area contributed by atoms with Crippen LogP contribution in [-0.2, 0) is 49.6 Å². The number of hydrogen-bond acceptors (Lipinski definition) is 19. The highest BCUT2D eigenvalue weighted by Gasteiger charge is 2.25. The average Bonchev–Trinajstić information content (AvgIpc) is 1.78. The van der Waals surface area contributed by atoms with Crippen molar-refractivity contribution in [1.29, 1.82) is 0 Å². The van der Waals surface area contributed by atoms with Crippen LogP contribution < -0.4 is 19.5 Å². The fourth-order valence-electron chi connectivity index (χ4n) is 15.5. The van der Waals surface area contributed by atoms with Gasteiger partial charge in [-0.15, -0.1) is 19.9 Å². The van der Waals surface area contributed by atoms with E-state index in [0.29, 0.717) is 56.4 Å². The van der Waals surface area contributed by atoms with Gasteiger partial charge in [-0.1, -0.05) is 42.6 Å². The maximum Gasteiger partial charge on any atom is 0.466 e. The fourth-order valence-corrected chi connectivity index (χ4v) is 16.0. The predicted octanol–water partition coefficient (Wildman–Crippen LogP) is 18.5. The van der Waals surface area contributed by atoms with Crippen molar-refractivity contribution in [3.05, 3.63) is 322 Å². The van der Waals surface area contributed by atoms with Gasteiger partial charge in [0.2, 0.25) is 18.8 Å². The van der Waals surface area contributed by atoms with Gasteiger partial charge in [0.25, 0.3) is 23.3 Å². The molecule has 0 aromatic carbocycles. The Labute approximate surface area is 762 Å². The molecule has 0 aliphatic rings. The second kappa shape index (κ2) is 37.5. The summed E-state index contributed by atoms with van der Waals surface area (Å²) in [4.78, 5) is 111. The molecular weight excluding hydrogens is 1770 g/mol. The van der Waals surface area contributed by atoms with E-state index in [1.54, 1.807) is 116 Å². The predicted molar refractivity (Wildman–Crippen MR) is 504 cm³/mol. The lowest BCUT2D eigenvalue weighted by Crippen LogP contribution is -2.31. The molecule has 133 heavy (non-hydrogen) atoms. The third kappa shape index (κ3) is 16.9. The molecule has 0 fully saturated rings. The van der Waals surface area contributed by atoms with Crippen LogP contribution in [0.2, 0.25) is 5.02 Å². The highest BCUT2D eigenvalue weighted by atomic mass is 79.9. The number of H-pyrrole nitrogens is 3. The summed E-state index contributed by atoms with van der Waals surface area (Å²) in [6.45, 7) is 43.8. The first-order valence-corrected chi connectivity index (χ1v) is 40.6. The SMILES string of the molecule is Cc1cc2c(cn1)[nH]c1ncccc12.O=C=O.O=CNc1cc2c(cn1)[nH]c1ncccc12.[C-]#[N+]c1cc2c(cn1)[nH]c1ncccc12.[C-]#[N+]c1cc2c3c(Cl)ccnc3n(C)c2c[n+]1O.[C-]#[N+]c1cc2c3cc(Br)cnc3n(C)c2cn1.[C-]#[N+]c1cc2c3ccc[n+](O)c3n(C)c2c[n+]1[O-].[C-]#[N+]c1cc2c3cccnc3n(C)c2cn1.[C-]#[N+]c1cc2c3cccnc3n(C)c2cn1. The van der Waals surface area contributed by atoms with Gasteiger partial charge in [-0.05, 0) is 144 Å². The highest BCUT2D eigenvalue weighted by molar-refractivity contribution is 9.10. The van der Waals surface area contributed by atoms with E-state index in [0.717, 1.165) is 179 Å². The largest absolute Gasteiger partial charge is 0.629 e. The van der Waals surface area contributed by atoms with Crippen LogP contribution in [0.1, 0.15) is 5.69 Å². The molecule has 0 spiro atoms. The van der Waals surface area contributed by atoms with Crippen LogP contribution in [0.25, 0.3) is 205 Å². The summed E-state index contributed by atoms with van der Waals surface area (Å²) < 4.78 is 12.8. The zero-order valence-electron chi connectivity index (χ0n) is 70.4. The lowest BCUT2D eigenvalue weighted by atomic mass is 10.2. The third-order valence-corrected chi connectivity index (χ3v) is 22.2. The molecule has 0 saturated heterocycles. The molecule has 39 heteroatoms. The number of hydrogen-bond donors (Lipinski definition) is 6. The smallest absolute Gasteiger partial charge is 0.466 e. The topological polar surface area (TPSA) is 404 Å². The number of pyridine rings is 16. The number of aryl methyl sites for hydroxylation is 6. The van der Waals surface area contributed by atoms with Crippen molar-refractivity contribution in [2.24, 2.45) is 35.2 Å². The number of amides is 1. The number of fused-ring (bicyclic) bond motifs is 24. The molecule has 24 aromatic heterocycles. The Kier molecular flexibility index (Phi) is 24.6. The Morgan fingerprint density at radius 1 is 0.414 bits per heavy atom. The minimum absolute atomic E-state index is 0.0170. The van der Waals surface area contributed by atoms with Gasteiger partial charge in [0.1, 0.15) is 95.0 Å². The summed E-state index contributed by atoms with van der Waals surface area (Å²) in [5.41, 5.74) is 14.9.